The summed E-state index contributed by atoms with van der Waals surface area (Å²) in [5.41, 5.74) is -0.0144. The van der Waals surface area contributed by atoms with E-state index in [-0.39, 0.29) is 24.2 Å². The van der Waals surface area contributed by atoms with Crippen molar-refractivity contribution < 1.29 is 19.1 Å². The Kier molecular flexibility index (Phi) is 6.21. The maximum atomic E-state index is 12.2. The molecule has 0 radical (unpaired) electrons. The van der Waals surface area contributed by atoms with Gasteiger partial charge in [-0.25, -0.2) is 4.79 Å². The first-order chi connectivity index (χ1) is 11.7. The van der Waals surface area contributed by atoms with Crippen LogP contribution in [0, 0.1) is 5.92 Å². The Morgan fingerprint density at radius 1 is 1.24 bits per heavy atom. The van der Waals surface area contributed by atoms with Gasteiger partial charge in [-0.3, -0.25) is 9.59 Å². The van der Waals surface area contributed by atoms with Crippen LogP contribution in [0.5, 0.6) is 0 Å². The van der Waals surface area contributed by atoms with Crippen LogP contribution in [0.1, 0.15) is 37.6 Å². The van der Waals surface area contributed by atoms with Gasteiger partial charge in [-0.1, -0.05) is 28.1 Å². The predicted octanol–water partition coefficient (Wildman–Crippen LogP) is 3.01. The van der Waals surface area contributed by atoms with Gasteiger partial charge in [-0.15, -0.1) is 0 Å². The molecule has 136 valence electrons. The van der Waals surface area contributed by atoms with Gasteiger partial charge in [-0.2, -0.15) is 0 Å². The van der Waals surface area contributed by atoms with E-state index in [0.717, 1.165) is 4.47 Å². The van der Waals surface area contributed by atoms with Gasteiger partial charge in [-0.05, 0) is 39.3 Å². The molecule has 1 aliphatic heterocycles. The Morgan fingerprint density at radius 3 is 2.48 bits per heavy atom. The van der Waals surface area contributed by atoms with Gasteiger partial charge >= 0.3 is 6.09 Å². The molecule has 2 rings (SSSR count). The lowest BCUT2D eigenvalue weighted by Crippen LogP contribution is -2.38. The van der Waals surface area contributed by atoms with Crippen LogP contribution in [0.2, 0.25) is 0 Å². The molecule has 2 amide bonds. The van der Waals surface area contributed by atoms with Gasteiger partial charge in [0.15, 0.2) is 5.78 Å². The number of amides is 2. The quantitative estimate of drug-likeness (QED) is 0.773. The number of Topliss-reactive ketones (excluding diaryl/α,β-unsaturated/α-hetero) is 1. The highest BCUT2D eigenvalue weighted by molar-refractivity contribution is 9.10. The lowest BCUT2D eigenvalue weighted by molar-refractivity contribution is -0.124. The number of ether oxygens (including phenoxy) is 1. The number of hydrogen-bond acceptors (Lipinski definition) is 4. The first-order valence-corrected chi connectivity index (χ1v) is 8.99. The van der Waals surface area contributed by atoms with Crippen LogP contribution in [-0.2, 0) is 9.53 Å². The van der Waals surface area contributed by atoms with Crippen LogP contribution in [0.4, 0.5) is 4.79 Å². The van der Waals surface area contributed by atoms with Crippen LogP contribution in [0.25, 0.3) is 0 Å². The highest BCUT2D eigenvalue weighted by Crippen LogP contribution is 2.19. The fourth-order valence-electron chi connectivity index (χ4n) is 2.52. The summed E-state index contributed by atoms with van der Waals surface area (Å²) in [5, 5.41) is 2.67. The van der Waals surface area contributed by atoms with E-state index in [0.29, 0.717) is 25.1 Å². The van der Waals surface area contributed by atoms with Crippen molar-refractivity contribution >= 4 is 33.7 Å². The average Bonchev–Trinajstić information content (AvgIpc) is 3.01. The second-order valence-electron chi connectivity index (χ2n) is 7.06. The number of hydrogen-bond donors (Lipinski definition) is 1. The van der Waals surface area contributed by atoms with E-state index in [4.69, 9.17) is 4.74 Å². The van der Waals surface area contributed by atoms with E-state index in [1.165, 1.54) is 4.90 Å². The molecule has 1 saturated heterocycles. The summed E-state index contributed by atoms with van der Waals surface area (Å²) in [6, 6.07) is 6.98. The molecule has 0 aromatic heterocycles. The highest BCUT2D eigenvalue weighted by atomic mass is 79.9. The van der Waals surface area contributed by atoms with Crippen molar-refractivity contribution in [2.24, 2.45) is 5.92 Å². The summed E-state index contributed by atoms with van der Waals surface area (Å²) < 4.78 is 6.20. The maximum absolute atomic E-state index is 12.2. The number of nitrogens with zero attached hydrogens (tertiary/aromatic N) is 1. The lowest BCUT2D eigenvalue weighted by Gasteiger charge is -2.24. The number of rotatable bonds is 4. The van der Waals surface area contributed by atoms with E-state index in [1.807, 2.05) is 0 Å². The van der Waals surface area contributed by atoms with E-state index in [9.17, 15) is 14.4 Å². The molecule has 1 aliphatic rings. The summed E-state index contributed by atoms with van der Waals surface area (Å²) in [6.07, 6.45) is 0.158. The van der Waals surface area contributed by atoms with Crippen molar-refractivity contribution in [3.05, 3.63) is 34.3 Å². The minimum absolute atomic E-state index is 0.0522. The van der Waals surface area contributed by atoms with Crippen molar-refractivity contribution in [2.45, 2.75) is 32.8 Å². The minimum Gasteiger partial charge on any atom is -0.444 e. The molecule has 1 N–H and O–H groups in total. The number of carbonyl (C=O) groups is 3. The lowest BCUT2D eigenvalue weighted by atomic mass is 10.1. The van der Waals surface area contributed by atoms with E-state index < -0.39 is 11.7 Å². The molecule has 7 heteroatoms. The Balaban J connectivity index is 1.81. The maximum Gasteiger partial charge on any atom is 0.410 e. The smallest absolute Gasteiger partial charge is 0.410 e. The van der Waals surface area contributed by atoms with E-state index >= 15 is 0 Å². The molecule has 1 aromatic carbocycles. The summed E-state index contributed by atoms with van der Waals surface area (Å²) in [5.74, 6) is -0.676. The number of ketones is 1. The van der Waals surface area contributed by atoms with Crippen molar-refractivity contribution in [3.8, 4) is 0 Å². The van der Waals surface area contributed by atoms with Gasteiger partial charge in [0.05, 0.1) is 12.5 Å². The third kappa shape index (κ3) is 5.85. The van der Waals surface area contributed by atoms with E-state index in [1.54, 1.807) is 45.0 Å². The Bertz CT molecular complexity index is 652. The number of nitrogens with one attached hydrogen (secondary N) is 1. The van der Waals surface area contributed by atoms with Crippen LogP contribution in [-0.4, -0.2) is 47.9 Å². The zero-order valence-corrected chi connectivity index (χ0v) is 16.3. The fourth-order valence-corrected chi connectivity index (χ4v) is 2.78. The van der Waals surface area contributed by atoms with Crippen molar-refractivity contribution in [1.29, 1.82) is 0 Å². The zero-order chi connectivity index (χ0) is 18.6. The van der Waals surface area contributed by atoms with E-state index in [2.05, 4.69) is 21.2 Å². The largest absolute Gasteiger partial charge is 0.444 e. The normalized spacial score (nSPS) is 17.3. The molecular weight excluding hydrogens is 388 g/mol. The molecule has 1 heterocycles. The molecule has 0 saturated carbocycles. The van der Waals surface area contributed by atoms with Crippen LogP contribution < -0.4 is 5.32 Å². The van der Waals surface area contributed by atoms with Crippen molar-refractivity contribution in [2.75, 3.05) is 19.6 Å². The van der Waals surface area contributed by atoms with Crippen molar-refractivity contribution in [3.63, 3.8) is 0 Å². The summed E-state index contributed by atoms with van der Waals surface area (Å²) in [6.45, 7) is 6.15. The van der Waals surface area contributed by atoms with Gasteiger partial charge in [0.25, 0.3) is 0 Å². The molecule has 25 heavy (non-hydrogen) atoms. The Labute approximate surface area is 156 Å². The predicted molar refractivity (Wildman–Crippen MR) is 97.4 cm³/mol. The zero-order valence-electron chi connectivity index (χ0n) is 14.7. The first-order valence-electron chi connectivity index (χ1n) is 8.20. The molecular formula is C18H23BrN2O4. The van der Waals surface area contributed by atoms with Gasteiger partial charge in [0.2, 0.25) is 5.91 Å². The van der Waals surface area contributed by atoms with Crippen LogP contribution in [0.3, 0.4) is 0 Å². The first kappa shape index (κ1) is 19.4. The molecule has 1 atom stereocenters. The summed E-state index contributed by atoms with van der Waals surface area (Å²) in [7, 11) is 0. The number of halogens is 1. The molecule has 1 fully saturated rings. The Hall–Kier alpha value is -1.89. The third-order valence-electron chi connectivity index (χ3n) is 3.80. The van der Waals surface area contributed by atoms with Gasteiger partial charge < -0.3 is 15.0 Å². The second-order valence-corrected chi connectivity index (χ2v) is 7.98. The average molecular weight is 411 g/mol. The molecule has 0 unspecified atom stereocenters. The molecule has 0 spiro atoms. The standard InChI is InChI=1S/C18H23BrN2O4/c1-18(2,3)25-17(24)21-9-8-13(11-21)16(23)20-10-15(22)12-4-6-14(19)7-5-12/h4-7,13H,8-11H2,1-3H3,(H,20,23)/t13-/m1/s1. The van der Waals surface area contributed by atoms with Crippen LogP contribution in [0.15, 0.2) is 28.7 Å². The van der Waals surface area contributed by atoms with Gasteiger partial charge in [0.1, 0.15) is 5.60 Å². The highest BCUT2D eigenvalue weighted by Gasteiger charge is 2.33. The van der Waals surface area contributed by atoms with Gasteiger partial charge in [0, 0.05) is 23.1 Å². The second kappa shape index (κ2) is 7.99. The minimum atomic E-state index is -0.561. The SMILES string of the molecule is CC(C)(C)OC(=O)N1CC[C@@H](C(=O)NCC(=O)c2ccc(Br)cc2)C1. The molecule has 1 aromatic rings. The molecule has 0 aliphatic carbocycles. The van der Waals surface area contributed by atoms with Crippen molar-refractivity contribution in [1.82, 2.24) is 10.2 Å². The third-order valence-corrected chi connectivity index (χ3v) is 4.33. The number of carbonyl (C=O) groups excluding carboxylic acids is 3. The number of likely N-dealkylation sites (tertiary alicyclic amines) is 1. The topological polar surface area (TPSA) is 75.7 Å². The molecule has 6 nitrogen and oxygen atoms in total. The summed E-state index contributed by atoms with van der Waals surface area (Å²) >= 11 is 3.31. The van der Waals surface area contributed by atoms with Crippen LogP contribution >= 0.6 is 15.9 Å². The molecule has 0 bridgehead atoms. The number of benzene rings is 1. The summed E-state index contributed by atoms with van der Waals surface area (Å²) in [4.78, 5) is 37.9. The Morgan fingerprint density at radius 2 is 1.88 bits per heavy atom. The monoisotopic (exact) mass is 410 g/mol. The fraction of sp³-hybridized carbons (Fsp3) is 0.500.